The number of carbonyl (C=O) groups excluding carboxylic acids is 3. The molecule has 2 fully saturated rings. The SMILES string of the molecule is O=C(CN1C(=O)N/C(=C\c2ccc(N3CCOCC3)c(F)c2)C1=O)Nc1ccccc1. The maximum absolute atomic E-state index is 14.6. The number of para-hydroxylation sites is 1. The number of halogens is 1. The summed E-state index contributed by atoms with van der Waals surface area (Å²) in [5, 5.41) is 5.06. The fourth-order valence-electron chi connectivity index (χ4n) is 3.42. The molecule has 0 spiro atoms. The number of hydrogen-bond donors (Lipinski definition) is 2. The van der Waals surface area contributed by atoms with E-state index in [4.69, 9.17) is 4.74 Å². The maximum atomic E-state index is 14.6. The Bertz CT molecular complexity index is 1040. The molecule has 0 unspecified atom stereocenters. The van der Waals surface area contributed by atoms with Gasteiger partial charge in [0.2, 0.25) is 5.91 Å². The number of morpholine rings is 1. The zero-order valence-corrected chi connectivity index (χ0v) is 16.6. The second-order valence-electron chi connectivity index (χ2n) is 7.10. The minimum Gasteiger partial charge on any atom is -0.378 e. The molecule has 2 aliphatic heterocycles. The van der Waals surface area contributed by atoms with E-state index in [9.17, 15) is 18.8 Å². The second-order valence-corrected chi connectivity index (χ2v) is 7.10. The predicted octanol–water partition coefficient (Wildman–Crippen LogP) is 2.19. The molecule has 0 atom stereocenters. The van der Waals surface area contributed by atoms with Gasteiger partial charge in [0.05, 0.1) is 18.9 Å². The highest BCUT2D eigenvalue weighted by Gasteiger charge is 2.35. The molecule has 160 valence electrons. The van der Waals surface area contributed by atoms with Crippen LogP contribution in [0.2, 0.25) is 0 Å². The standard InChI is InChI=1S/C22H21FN4O4/c23-17-12-15(6-7-19(17)26-8-10-31-11-9-26)13-18-21(29)27(22(30)25-18)14-20(28)24-16-4-2-1-3-5-16/h1-7,12-13H,8-11,14H2,(H,24,28)(H,25,30)/b18-13-. The molecule has 0 aliphatic carbocycles. The monoisotopic (exact) mass is 424 g/mol. The fraction of sp³-hybridized carbons (Fsp3) is 0.227. The van der Waals surface area contributed by atoms with Crippen molar-refractivity contribution in [3.8, 4) is 0 Å². The van der Waals surface area contributed by atoms with Crippen LogP contribution < -0.4 is 15.5 Å². The summed E-state index contributed by atoms with van der Waals surface area (Å²) in [4.78, 5) is 39.7. The van der Waals surface area contributed by atoms with Gasteiger partial charge in [0, 0.05) is 18.8 Å². The number of urea groups is 1. The lowest BCUT2D eigenvalue weighted by atomic mass is 10.1. The van der Waals surface area contributed by atoms with E-state index in [2.05, 4.69) is 10.6 Å². The van der Waals surface area contributed by atoms with Gasteiger partial charge >= 0.3 is 6.03 Å². The number of nitrogens with one attached hydrogen (secondary N) is 2. The predicted molar refractivity (Wildman–Crippen MR) is 113 cm³/mol. The molecule has 4 amide bonds. The van der Waals surface area contributed by atoms with Crippen LogP contribution in [0.3, 0.4) is 0 Å². The van der Waals surface area contributed by atoms with E-state index in [0.717, 1.165) is 4.90 Å². The summed E-state index contributed by atoms with van der Waals surface area (Å²) in [5.74, 6) is -1.57. The molecule has 2 heterocycles. The Balaban J connectivity index is 1.44. The van der Waals surface area contributed by atoms with Crippen LogP contribution in [0, 0.1) is 5.82 Å². The third-order valence-corrected chi connectivity index (χ3v) is 4.96. The van der Waals surface area contributed by atoms with E-state index >= 15 is 0 Å². The number of amides is 4. The quantitative estimate of drug-likeness (QED) is 0.567. The molecular weight excluding hydrogens is 403 g/mol. The number of ether oxygens (including phenoxy) is 1. The van der Waals surface area contributed by atoms with Crippen molar-refractivity contribution in [1.82, 2.24) is 10.2 Å². The van der Waals surface area contributed by atoms with Crippen molar-refractivity contribution in [3.05, 3.63) is 65.6 Å². The normalized spacial score (nSPS) is 17.8. The van der Waals surface area contributed by atoms with Gasteiger partial charge < -0.3 is 20.3 Å². The first kappa shape index (κ1) is 20.5. The highest BCUT2D eigenvalue weighted by atomic mass is 19.1. The van der Waals surface area contributed by atoms with Crippen LogP contribution in [0.4, 0.5) is 20.6 Å². The molecule has 2 N–H and O–H groups in total. The van der Waals surface area contributed by atoms with Gasteiger partial charge in [-0.1, -0.05) is 24.3 Å². The molecule has 2 saturated heterocycles. The topological polar surface area (TPSA) is 91.0 Å². The largest absolute Gasteiger partial charge is 0.378 e. The molecule has 0 bridgehead atoms. The molecule has 2 aromatic rings. The lowest BCUT2D eigenvalue weighted by Gasteiger charge is -2.29. The Morgan fingerprint density at radius 3 is 2.58 bits per heavy atom. The first-order valence-corrected chi connectivity index (χ1v) is 9.83. The van der Waals surface area contributed by atoms with Crippen molar-refractivity contribution >= 4 is 35.3 Å². The summed E-state index contributed by atoms with van der Waals surface area (Å²) in [7, 11) is 0. The summed E-state index contributed by atoms with van der Waals surface area (Å²) in [6.45, 7) is 1.86. The zero-order valence-electron chi connectivity index (χ0n) is 16.6. The molecule has 0 aromatic heterocycles. The molecule has 4 rings (SSSR count). The Kier molecular flexibility index (Phi) is 5.94. The minimum atomic E-state index is -0.704. The Labute approximate surface area is 178 Å². The first-order chi connectivity index (χ1) is 15.0. The van der Waals surface area contributed by atoms with Crippen LogP contribution in [-0.2, 0) is 14.3 Å². The number of imide groups is 1. The van der Waals surface area contributed by atoms with Gasteiger partial charge in [-0.15, -0.1) is 0 Å². The average Bonchev–Trinajstić information content (AvgIpc) is 3.02. The highest BCUT2D eigenvalue weighted by Crippen LogP contribution is 2.23. The lowest BCUT2D eigenvalue weighted by Crippen LogP contribution is -2.38. The van der Waals surface area contributed by atoms with Crippen molar-refractivity contribution < 1.29 is 23.5 Å². The molecule has 0 saturated carbocycles. The molecule has 8 nitrogen and oxygen atoms in total. The lowest BCUT2D eigenvalue weighted by molar-refractivity contribution is -0.127. The highest BCUT2D eigenvalue weighted by molar-refractivity contribution is 6.15. The van der Waals surface area contributed by atoms with Crippen molar-refractivity contribution in [2.24, 2.45) is 0 Å². The van der Waals surface area contributed by atoms with E-state index in [-0.39, 0.29) is 5.70 Å². The van der Waals surface area contributed by atoms with Gasteiger partial charge in [-0.05, 0) is 35.9 Å². The van der Waals surface area contributed by atoms with Crippen LogP contribution >= 0.6 is 0 Å². The first-order valence-electron chi connectivity index (χ1n) is 9.83. The number of nitrogens with zero attached hydrogens (tertiary/aromatic N) is 2. The Morgan fingerprint density at radius 1 is 1.13 bits per heavy atom. The van der Waals surface area contributed by atoms with Crippen molar-refractivity contribution in [2.75, 3.05) is 43.1 Å². The van der Waals surface area contributed by atoms with Gasteiger partial charge in [0.15, 0.2) is 0 Å². The summed E-state index contributed by atoms with van der Waals surface area (Å²) in [6.07, 6.45) is 1.39. The molecule has 2 aromatic carbocycles. The molecular formula is C22H21FN4O4. The third-order valence-electron chi connectivity index (χ3n) is 4.96. The summed E-state index contributed by atoms with van der Waals surface area (Å²) >= 11 is 0. The van der Waals surface area contributed by atoms with Gasteiger partial charge in [0.1, 0.15) is 18.1 Å². The Hall–Kier alpha value is -3.72. The number of anilines is 2. The fourth-order valence-corrected chi connectivity index (χ4v) is 3.42. The molecule has 31 heavy (non-hydrogen) atoms. The minimum absolute atomic E-state index is 0.0176. The second kappa shape index (κ2) is 8.97. The van der Waals surface area contributed by atoms with E-state index in [1.54, 1.807) is 42.5 Å². The number of rotatable bonds is 5. The van der Waals surface area contributed by atoms with Gasteiger partial charge in [-0.2, -0.15) is 0 Å². The van der Waals surface area contributed by atoms with Crippen LogP contribution in [0.5, 0.6) is 0 Å². The molecule has 9 heteroatoms. The van der Waals surface area contributed by atoms with Gasteiger partial charge in [0.25, 0.3) is 5.91 Å². The van der Waals surface area contributed by atoms with Gasteiger partial charge in [-0.25, -0.2) is 14.1 Å². The smallest absolute Gasteiger partial charge is 0.329 e. The number of hydrogen-bond acceptors (Lipinski definition) is 5. The molecule has 2 aliphatic rings. The van der Waals surface area contributed by atoms with Crippen molar-refractivity contribution in [1.29, 1.82) is 0 Å². The van der Waals surface area contributed by atoms with E-state index < -0.39 is 30.2 Å². The van der Waals surface area contributed by atoms with Crippen LogP contribution in [-0.4, -0.2) is 55.6 Å². The van der Waals surface area contributed by atoms with E-state index in [1.165, 1.54) is 12.1 Å². The van der Waals surface area contributed by atoms with Crippen LogP contribution in [0.1, 0.15) is 5.56 Å². The number of benzene rings is 2. The van der Waals surface area contributed by atoms with E-state index in [0.29, 0.717) is 43.2 Å². The summed E-state index contributed by atoms with van der Waals surface area (Å²) in [6, 6.07) is 12.6. The average molecular weight is 424 g/mol. The van der Waals surface area contributed by atoms with Gasteiger partial charge in [-0.3, -0.25) is 9.59 Å². The van der Waals surface area contributed by atoms with Crippen molar-refractivity contribution in [2.45, 2.75) is 0 Å². The molecule has 0 radical (unpaired) electrons. The van der Waals surface area contributed by atoms with Crippen molar-refractivity contribution in [3.63, 3.8) is 0 Å². The number of carbonyl (C=O) groups is 3. The Morgan fingerprint density at radius 2 is 1.87 bits per heavy atom. The maximum Gasteiger partial charge on any atom is 0.329 e. The summed E-state index contributed by atoms with van der Waals surface area (Å²) in [5.41, 5.74) is 1.43. The van der Waals surface area contributed by atoms with Crippen LogP contribution in [0.25, 0.3) is 6.08 Å². The third kappa shape index (κ3) is 4.72. The summed E-state index contributed by atoms with van der Waals surface area (Å²) < 4.78 is 19.9. The zero-order chi connectivity index (χ0) is 21.8. The van der Waals surface area contributed by atoms with Crippen LogP contribution in [0.15, 0.2) is 54.2 Å². The van der Waals surface area contributed by atoms with E-state index in [1.807, 2.05) is 4.90 Å².